The van der Waals surface area contributed by atoms with Gasteiger partial charge in [0.05, 0.1) is 0 Å². The highest BCUT2D eigenvalue weighted by Gasteiger charge is 2.25. The number of ether oxygens (including phenoxy) is 2. The van der Waals surface area contributed by atoms with Gasteiger partial charge >= 0.3 is 0 Å². The minimum Gasteiger partial charge on any atom is -0.486 e. The Balaban J connectivity index is 1.83. The minimum atomic E-state index is 0.266. The van der Waals surface area contributed by atoms with Crippen molar-refractivity contribution in [3.63, 3.8) is 0 Å². The maximum absolute atomic E-state index is 6.09. The SMILES string of the molecule is CN1CC(N)CC(c2ccc3c(c2)OCCO3)C1. The molecular weight excluding hydrogens is 228 g/mol. The van der Waals surface area contributed by atoms with Crippen LogP contribution < -0.4 is 15.2 Å². The van der Waals surface area contributed by atoms with E-state index in [1.807, 2.05) is 6.07 Å². The Labute approximate surface area is 108 Å². The van der Waals surface area contributed by atoms with Gasteiger partial charge in [0.15, 0.2) is 11.5 Å². The van der Waals surface area contributed by atoms with Crippen molar-refractivity contribution < 1.29 is 9.47 Å². The fourth-order valence-electron chi connectivity index (χ4n) is 2.92. The van der Waals surface area contributed by atoms with E-state index in [0.717, 1.165) is 31.0 Å². The van der Waals surface area contributed by atoms with Crippen LogP contribution in [0.4, 0.5) is 0 Å². The average Bonchev–Trinajstić information content (AvgIpc) is 2.37. The first-order chi connectivity index (χ1) is 8.72. The molecule has 0 spiro atoms. The second-order valence-electron chi connectivity index (χ2n) is 5.32. The van der Waals surface area contributed by atoms with Crippen molar-refractivity contribution in [2.45, 2.75) is 18.4 Å². The standard InChI is InChI=1S/C14H20N2O2/c1-16-8-11(6-12(15)9-16)10-2-3-13-14(7-10)18-5-4-17-13/h2-3,7,11-12H,4-6,8-9,15H2,1H3. The number of likely N-dealkylation sites (tertiary alicyclic amines) is 1. The first-order valence-electron chi connectivity index (χ1n) is 6.56. The lowest BCUT2D eigenvalue weighted by atomic mass is 9.88. The van der Waals surface area contributed by atoms with E-state index in [4.69, 9.17) is 15.2 Å². The van der Waals surface area contributed by atoms with Gasteiger partial charge in [-0.05, 0) is 37.1 Å². The Morgan fingerprint density at radius 3 is 2.72 bits per heavy atom. The molecule has 4 heteroatoms. The molecule has 4 nitrogen and oxygen atoms in total. The van der Waals surface area contributed by atoms with Gasteiger partial charge in [0.2, 0.25) is 0 Å². The maximum atomic E-state index is 6.09. The summed E-state index contributed by atoms with van der Waals surface area (Å²) < 4.78 is 11.2. The van der Waals surface area contributed by atoms with Gasteiger partial charge in [-0.1, -0.05) is 6.07 Å². The molecule has 1 fully saturated rings. The molecule has 1 aromatic carbocycles. The molecule has 0 aromatic heterocycles. The van der Waals surface area contributed by atoms with Crippen molar-refractivity contribution in [3.05, 3.63) is 23.8 Å². The fraction of sp³-hybridized carbons (Fsp3) is 0.571. The molecule has 0 bridgehead atoms. The van der Waals surface area contributed by atoms with Crippen LogP contribution in [-0.4, -0.2) is 44.3 Å². The molecule has 2 atom stereocenters. The average molecular weight is 248 g/mol. The van der Waals surface area contributed by atoms with Gasteiger partial charge < -0.3 is 20.1 Å². The summed E-state index contributed by atoms with van der Waals surface area (Å²) >= 11 is 0. The molecule has 0 radical (unpaired) electrons. The number of hydrogen-bond acceptors (Lipinski definition) is 4. The summed E-state index contributed by atoms with van der Waals surface area (Å²) in [4.78, 5) is 2.30. The van der Waals surface area contributed by atoms with Gasteiger partial charge in [-0.3, -0.25) is 0 Å². The van der Waals surface area contributed by atoms with Crippen molar-refractivity contribution in [1.29, 1.82) is 0 Å². The van der Waals surface area contributed by atoms with Crippen LogP contribution in [-0.2, 0) is 0 Å². The lowest BCUT2D eigenvalue weighted by Gasteiger charge is -2.34. The van der Waals surface area contributed by atoms with Crippen LogP contribution >= 0.6 is 0 Å². The molecule has 0 aliphatic carbocycles. The third-order valence-electron chi connectivity index (χ3n) is 3.70. The topological polar surface area (TPSA) is 47.7 Å². The van der Waals surface area contributed by atoms with Gasteiger partial charge in [-0.25, -0.2) is 0 Å². The van der Waals surface area contributed by atoms with Crippen LogP contribution in [0.3, 0.4) is 0 Å². The highest BCUT2D eigenvalue weighted by molar-refractivity contribution is 5.45. The number of piperidine rings is 1. The van der Waals surface area contributed by atoms with Crippen LogP contribution in [0.25, 0.3) is 0 Å². The highest BCUT2D eigenvalue weighted by atomic mass is 16.6. The molecule has 18 heavy (non-hydrogen) atoms. The zero-order chi connectivity index (χ0) is 12.5. The number of rotatable bonds is 1. The predicted molar refractivity (Wildman–Crippen MR) is 70.3 cm³/mol. The van der Waals surface area contributed by atoms with Crippen LogP contribution in [0.2, 0.25) is 0 Å². The second-order valence-corrected chi connectivity index (χ2v) is 5.32. The van der Waals surface area contributed by atoms with Crippen molar-refractivity contribution >= 4 is 0 Å². The Morgan fingerprint density at radius 2 is 1.94 bits per heavy atom. The Kier molecular flexibility index (Phi) is 3.14. The molecule has 2 aliphatic rings. The molecule has 2 heterocycles. The third kappa shape index (κ3) is 2.31. The number of benzene rings is 1. The minimum absolute atomic E-state index is 0.266. The summed E-state index contributed by atoms with van der Waals surface area (Å²) in [6.45, 7) is 3.33. The summed E-state index contributed by atoms with van der Waals surface area (Å²) in [6.07, 6.45) is 1.05. The van der Waals surface area contributed by atoms with Gasteiger partial charge in [0.25, 0.3) is 0 Å². The summed E-state index contributed by atoms with van der Waals surface area (Å²) in [5, 5.41) is 0. The van der Waals surface area contributed by atoms with Gasteiger partial charge in [0, 0.05) is 19.1 Å². The number of hydrogen-bond donors (Lipinski definition) is 1. The molecule has 2 aliphatic heterocycles. The normalized spacial score (nSPS) is 28.1. The monoisotopic (exact) mass is 248 g/mol. The van der Waals surface area contributed by atoms with Crippen LogP contribution in [0.1, 0.15) is 17.9 Å². The van der Waals surface area contributed by atoms with Gasteiger partial charge in [-0.2, -0.15) is 0 Å². The number of fused-ring (bicyclic) bond motifs is 1. The molecule has 98 valence electrons. The second kappa shape index (κ2) is 4.78. The first-order valence-corrected chi connectivity index (χ1v) is 6.56. The molecule has 2 N–H and O–H groups in total. The van der Waals surface area contributed by atoms with E-state index >= 15 is 0 Å². The summed E-state index contributed by atoms with van der Waals surface area (Å²) in [7, 11) is 2.13. The fourth-order valence-corrected chi connectivity index (χ4v) is 2.92. The van der Waals surface area contributed by atoms with Gasteiger partial charge in [-0.15, -0.1) is 0 Å². The highest BCUT2D eigenvalue weighted by Crippen LogP contribution is 2.35. The van der Waals surface area contributed by atoms with Crippen LogP contribution in [0, 0.1) is 0 Å². The van der Waals surface area contributed by atoms with Crippen molar-refractivity contribution in [1.82, 2.24) is 4.90 Å². The van der Waals surface area contributed by atoms with Crippen molar-refractivity contribution in [3.8, 4) is 11.5 Å². The summed E-state index contributed by atoms with van der Waals surface area (Å²) in [5.41, 5.74) is 7.40. The van der Waals surface area contributed by atoms with E-state index in [9.17, 15) is 0 Å². The Bertz CT molecular complexity index is 426. The van der Waals surface area contributed by atoms with E-state index in [1.165, 1.54) is 5.56 Å². The van der Waals surface area contributed by atoms with Crippen molar-refractivity contribution in [2.75, 3.05) is 33.4 Å². The van der Waals surface area contributed by atoms with Crippen molar-refractivity contribution in [2.24, 2.45) is 5.73 Å². The Morgan fingerprint density at radius 1 is 1.17 bits per heavy atom. The van der Waals surface area contributed by atoms with Crippen LogP contribution in [0.5, 0.6) is 11.5 Å². The zero-order valence-electron chi connectivity index (χ0n) is 10.8. The summed E-state index contributed by atoms with van der Waals surface area (Å²) in [5.74, 6) is 2.23. The predicted octanol–water partition coefficient (Wildman–Crippen LogP) is 1.20. The molecule has 0 amide bonds. The summed E-state index contributed by atoms with van der Waals surface area (Å²) in [6, 6.07) is 6.54. The number of likely N-dealkylation sites (N-methyl/N-ethyl adjacent to an activating group) is 1. The molecule has 2 unspecified atom stereocenters. The van der Waals surface area contributed by atoms with Gasteiger partial charge in [0.1, 0.15) is 13.2 Å². The van der Waals surface area contributed by atoms with E-state index in [1.54, 1.807) is 0 Å². The number of nitrogens with two attached hydrogens (primary N) is 1. The first kappa shape index (κ1) is 11.8. The molecule has 3 rings (SSSR count). The van der Waals surface area contributed by atoms with Crippen LogP contribution in [0.15, 0.2) is 18.2 Å². The Hall–Kier alpha value is -1.26. The number of nitrogens with zero attached hydrogens (tertiary/aromatic N) is 1. The maximum Gasteiger partial charge on any atom is 0.161 e. The smallest absolute Gasteiger partial charge is 0.161 e. The molecule has 1 saturated heterocycles. The third-order valence-corrected chi connectivity index (χ3v) is 3.70. The van der Waals surface area contributed by atoms with E-state index < -0.39 is 0 Å². The van der Waals surface area contributed by atoms with E-state index in [-0.39, 0.29) is 6.04 Å². The van der Waals surface area contributed by atoms with E-state index in [0.29, 0.717) is 19.1 Å². The molecule has 0 saturated carbocycles. The quantitative estimate of drug-likeness (QED) is 0.811. The lowest BCUT2D eigenvalue weighted by Crippen LogP contribution is -2.44. The molecule has 1 aromatic rings. The molecular formula is C14H20N2O2. The lowest BCUT2D eigenvalue weighted by molar-refractivity contribution is 0.170. The zero-order valence-corrected chi connectivity index (χ0v) is 10.8. The van der Waals surface area contributed by atoms with E-state index in [2.05, 4.69) is 24.1 Å². The largest absolute Gasteiger partial charge is 0.486 e.